The van der Waals surface area contributed by atoms with E-state index >= 15 is 0 Å². The fourth-order valence-electron chi connectivity index (χ4n) is 1.40. The molecule has 1 heterocycles. The summed E-state index contributed by atoms with van der Waals surface area (Å²) >= 11 is 0. The van der Waals surface area contributed by atoms with Crippen molar-refractivity contribution in [3.8, 4) is 0 Å². The first kappa shape index (κ1) is 10.6. The summed E-state index contributed by atoms with van der Waals surface area (Å²) in [6.07, 6.45) is 2.81. The number of halogens is 2. The molecule has 0 aliphatic carbocycles. The maximum absolute atomic E-state index is 13.4. The van der Waals surface area contributed by atoms with Crippen LogP contribution in [0.25, 0.3) is 0 Å². The van der Waals surface area contributed by atoms with Crippen molar-refractivity contribution in [1.29, 1.82) is 0 Å². The molecule has 1 aromatic carbocycles. The second kappa shape index (κ2) is 4.32. The molecule has 0 saturated carbocycles. The van der Waals surface area contributed by atoms with Gasteiger partial charge in [0.1, 0.15) is 6.33 Å². The molecule has 1 unspecified atom stereocenters. The highest BCUT2D eigenvalue weighted by atomic mass is 19.2. The van der Waals surface area contributed by atoms with E-state index in [1.807, 2.05) is 0 Å². The van der Waals surface area contributed by atoms with Gasteiger partial charge in [-0.05, 0) is 12.1 Å². The third-order valence-electron chi connectivity index (χ3n) is 2.24. The first-order valence-electron chi connectivity index (χ1n) is 4.65. The van der Waals surface area contributed by atoms with Gasteiger partial charge in [-0.15, -0.1) is 0 Å². The topological polar surface area (TPSA) is 51.8 Å². The predicted molar refractivity (Wildman–Crippen MR) is 54.4 cm³/mol. The predicted octanol–water partition coefficient (Wildman–Crippen LogP) is 1.80. The third kappa shape index (κ3) is 1.90. The second-order valence-corrected chi connectivity index (χ2v) is 3.25. The Kier molecular flexibility index (Phi) is 2.87. The van der Waals surface area contributed by atoms with Crippen molar-refractivity contribution in [2.24, 2.45) is 5.73 Å². The Bertz CT molecular complexity index is 488. The Morgan fingerprint density at radius 3 is 2.69 bits per heavy atom. The molecule has 2 rings (SSSR count). The van der Waals surface area contributed by atoms with Crippen LogP contribution in [-0.2, 0) is 0 Å². The largest absolute Gasteiger partial charge is 0.319 e. The molecular formula is C11H9F2N3. The quantitative estimate of drug-likeness (QED) is 0.841. The van der Waals surface area contributed by atoms with Crippen molar-refractivity contribution in [3.63, 3.8) is 0 Å². The average molecular weight is 221 g/mol. The summed E-state index contributed by atoms with van der Waals surface area (Å²) in [7, 11) is 0. The van der Waals surface area contributed by atoms with Gasteiger partial charge in [0.15, 0.2) is 11.6 Å². The molecule has 0 saturated heterocycles. The summed E-state index contributed by atoms with van der Waals surface area (Å²) in [6, 6.07) is 4.67. The molecule has 5 heteroatoms. The van der Waals surface area contributed by atoms with Gasteiger partial charge in [0.2, 0.25) is 0 Å². The summed E-state index contributed by atoms with van der Waals surface area (Å²) in [5, 5.41) is 0. The van der Waals surface area contributed by atoms with E-state index in [9.17, 15) is 8.78 Å². The van der Waals surface area contributed by atoms with Gasteiger partial charge < -0.3 is 5.73 Å². The fraction of sp³-hybridized carbons (Fsp3) is 0.0909. The van der Waals surface area contributed by atoms with E-state index in [1.165, 1.54) is 24.7 Å². The van der Waals surface area contributed by atoms with Crippen molar-refractivity contribution < 1.29 is 8.78 Å². The van der Waals surface area contributed by atoms with Gasteiger partial charge in [-0.2, -0.15) is 0 Å². The Hall–Kier alpha value is -1.88. The number of aromatic nitrogens is 2. The molecule has 1 aromatic heterocycles. The molecule has 82 valence electrons. The highest BCUT2D eigenvalue weighted by Crippen LogP contribution is 2.21. The van der Waals surface area contributed by atoms with Gasteiger partial charge in [-0.3, -0.25) is 0 Å². The van der Waals surface area contributed by atoms with Gasteiger partial charge in [-0.25, -0.2) is 18.7 Å². The number of nitrogens with zero attached hydrogens (tertiary/aromatic N) is 2. The average Bonchev–Trinajstić information content (AvgIpc) is 2.33. The zero-order valence-corrected chi connectivity index (χ0v) is 8.27. The summed E-state index contributed by atoms with van der Waals surface area (Å²) in [4.78, 5) is 7.63. The van der Waals surface area contributed by atoms with E-state index in [1.54, 1.807) is 6.07 Å². The minimum atomic E-state index is -0.936. The lowest BCUT2D eigenvalue weighted by Crippen LogP contribution is -2.15. The number of rotatable bonds is 2. The molecule has 0 spiro atoms. The zero-order chi connectivity index (χ0) is 11.5. The van der Waals surface area contributed by atoms with Crippen LogP contribution >= 0.6 is 0 Å². The van der Waals surface area contributed by atoms with Crippen LogP contribution in [0.1, 0.15) is 17.3 Å². The van der Waals surface area contributed by atoms with Crippen LogP contribution in [-0.4, -0.2) is 9.97 Å². The Morgan fingerprint density at radius 2 is 2.00 bits per heavy atom. The van der Waals surface area contributed by atoms with Crippen molar-refractivity contribution in [1.82, 2.24) is 9.97 Å². The first-order valence-corrected chi connectivity index (χ1v) is 4.65. The summed E-state index contributed by atoms with van der Waals surface area (Å²) in [5.41, 5.74) is 6.32. The maximum atomic E-state index is 13.4. The van der Waals surface area contributed by atoms with Crippen LogP contribution < -0.4 is 5.73 Å². The lowest BCUT2D eigenvalue weighted by molar-refractivity contribution is 0.493. The standard InChI is InChI=1S/C11H9F2N3/c12-8-3-1-2-7(10(8)13)11(14)9-4-5-15-6-16-9/h1-6,11H,14H2. The monoisotopic (exact) mass is 221 g/mol. The van der Waals surface area contributed by atoms with Crippen LogP contribution in [0.15, 0.2) is 36.8 Å². The van der Waals surface area contributed by atoms with Crippen molar-refractivity contribution in [3.05, 3.63) is 59.7 Å². The van der Waals surface area contributed by atoms with E-state index < -0.39 is 17.7 Å². The Balaban J connectivity index is 2.42. The summed E-state index contributed by atoms with van der Waals surface area (Å²) < 4.78 is 26.4. The molecular weight excluding hydrogens is 212 g/mol. The highest BCUT2D eigenvalue weighted by Gasteiger charge is 2.16. The number of benzene rings is 1. The Labute approximate surface area is 91.0 Å². The van der Waals surface area contributed by atoms with Crippen LogP contribution in [0.2, 0.25) is 0 Å². The van der Waals surface area contributed by atoms with E-state index in [0.717, 1.165) is 6.07 Å². The fourth-order valence-corrected chi connectivity index (χ4v) is 1.40. The normalized spacial score (nSPS) is 12.4. The van der Waals surface area contributed by atoms with Crippen LogP contribution in [0.3, 0.4) is 0 Å². The molecule has 0 aliphatic rings. The number of hydrogen-bond donors (Lipinski definition) is 1. The smallest absolute Gasteiger partial charge is 0.163 e. The van der Waals surface area contributed by atoms with Gasteiger partial charge in [0.25, 0.3) is 0 Å². The molecule has 0 radical (unpaired) electrons. The molecule has 16 heavy (non-hydrogen) atoms. The van der Waals surface area contributed by atoms with E-state index in [-0.39, 0.29) is 5.56 Å². The zero-order valence-electron chi connectivity index (χ0n) is 8.27. The maximum Gasteiger partial charge on any atom is 0.163 e. The second-order valence-electron chi connectivity index (χ2n) is 3.25. The molecule has 0 fully saturated rings. The molecule has 0 bridgehead atoms. The number of nitrogens with two attached hydrogens (primary N) is 1. The number of hydrogen-bond acceptors (Lipinski definition) is 3. The minimum absolute atomic E-state index is 0.0821. The van der Waals surface area contributed by atoms with Gasteiger partial charge in [0, 0.05) is 11.8 Å². The van der Waals surface area contributed by atoms with Crippen LogP contribution in [0.4, 0.5) is 8.78 Å². The lowest BCUT2D eigenvalue weighted by atomic mass is 10.0. The van der Waals surface area contributed by atoms with E-state index in [2.05, 4.69) is 9.97 Å². The SMILES string of the molecule is NC(c1ccncn1)c1cccc(F)c1F. The van der Waals surface area contributed by atoms with E-state index in [4.69, 9.17) is 5.73 Å². The molecule has 3 nitrogen and oxygen atoms in total. The van der Waals surface area contributed by atoms with Gasteiger partial charge >= 0.3 is 0 Å². The summed E-state index contributed by atoms with van der Waals surface area (Å²) in [6.45, 7) is 0. The molecule has 2 N–H and O–H groups in total. The molecule has 2 aromatic rings. The molecule has 0 aliphatic heterocycles. The summed E-state index contributed by atoms with van der Waals surface area (Å²) in [5.74, 6) is -1.85. The van der Waals surface area contributed by atoms with E-state index in [0.29, 0.717) is 5.69 Å². The molecule has 1 atom stereocenters. The highest BCUT2D eigenvalue weighted by molar-refractivity contribution is 5.28. The van der Waals surface area contributed by atoms with Crippen molar-refractivity contribution >= 4 is 0 Å². The lowest BCUT2D eigenvalue weighted by Gasteiger charge is -2.12. The van der Waals surface area contributed by atoms with Crippen molar-refractivity contribution in [2.45, 2.75) is 6.04 Å². The van der Waals surface area contributed by atoms with Crippen LogP contribution in [0, 0.1) is 11.6 Å². The van der Waals surface area contributed by atoms with Gasteiger partial charge in [-0.1, -0.05) is 12.1 Å². The third-order valence-corrected chi connectivity index (χ3v) is 2.24. The van der Waals surface area contributed by atoms with Crippen LogP contribution in [0.5, 0.6) is 0 Å². The first-order chi connectivity index (χ1) is 7.70. The van der Waals surface area contributed by atoms with Crippen molar-refractivity contribution in [2.75, 3.05) is 0 Å². The minimum Gasteiger partial charge on any atom is -0.319 e. The Morgan fingerprint density at radius 1 is 1.19 bits per heavy atom. The van der Waals surface area contributed by atoms with Gasteiger partial charge in [0.05, 0.1) is 11.7 Å². The molecule has 0 amide bonds.